The van der Waals surface area contributed by atoms with E-state index in [9.17, 15) is 27.6 Å². The molecule has 4 aromatic rings. The van der Waals surface area contributed by atoms with Crippen LogP contribution in [0, 0.1) is 10.8 Å². The first-order valence-corrected chi connectivity index (χ1v) is 22.5. The quantitative estimate of drug-likeness (QED) is 0.130. The SMILES string of the molecule is CCC[C@@H]1NC(=O)C(NC(=O)[C@@H](NC(=O)OC(C)(C)C)C(C)(C)C)c2ccc(Oc3cc(-c4ccccc4)nc4cc(OC)ccc34)c(c2)/C=C\CC2(CC2)CS(=O)(=O)NC1=O. The van der Waals surface area contributed by atoms with Gasteiger partial charge in [0.2, 0.25) is 21.8 Å². The Kier molecular flexibility index (Phi) is 13.4. The molecule has 2 aliphatic rings. The predicted octanol–water partition coefficient (Wildman–Crippen LogP) is 7.73. The van der Waals surface area contributed by atoms with Gasteiger partial charge < -0.3 is 30.2 Å². The first-order valence-electron chi connectivity index (χ1n) is 20.9. The fraction of sp³-hybridized carbons (Fsp3) is 0.426. The molecule has 3 atom stereocenters. The molecule has 0 saturated heterocycles. The van der Waals surface area contributed by atoms with Gasteiger partial charge in [-0.15, -0.1) is 0 Å². The summed E-state index contributed by atoms with van der Waals surface area (Å²) in [4.78, 5) is 60.3. The molecule has 1 aromatic heterocycles. The summed E-state index contributed by atoms with van der Waals surface area (Å²) in [6.45, 7) is 12.2. The van der Waals surface area contributed by atoms with E-state index in [-0.39, 0.29) is 12.2 Å². The molecule has 1 spiro atoms. The fourth-order valence-corrected chi connectivity index (χ4v) is 9.09. The minimum atomic E-state index is -4.09. The second-order valence-electron chi connectivity index (χ2n) is 18.2. The molecule has 2 bridgehead atoms. The van der Waals surface area contributed by atoms with Crippen LogP contribution in [0.2, 0.25) is 0 Å². The minimum absolute atomic E-state index is 0.125. The van der Waals surface area contributed by atoms with E-state index < -0.39 is 68.4 Å². The van der Waals surface area contributed by atoms with Crippen LogP contribution in [0.4, 0.5) is 4.79 Å². The molecule has 1 aliphatic heterocycles. The second kappa shape index (κ2) is 18.2. The number of nitrogens with zero attached hydrogens (tertiary/aromatic N) is 1. The zero-order valence-corrected chi connectivity index (χ0v) is 37.4. The van der Waals surface area contributed by atoms with Crippen LogP contribution < -0.4 is 30.1 Å². The van der Waals surface area contributed by atoms with Crippen molar-refractivity contribution in [3.05, 3.63) is 90.0 Å². The van der Waals surface area contributed by atoms with Gasteiger partial charge in [0, 0.05) is 28.6 Å². The lowest BCUT2D eigenvalue weighted by Gasteiger charge is -2.33. The normalized spacial score (nSPS) is 19.7. The molecule has 15 heteroatoms. The third-order valence-electron chi connectivity index (χ3n) is 10.7. The van der Waals surface area contributed by atoms with Gasteiger partial charge in [0.25, 0.3) is 5.91 Å². The Balaban J connectivity index is 1.47. The molecule has 14 nitrogen and oxygen atoms in total. The summed E-state index contributed by atoms with van der Waals surface area (Å²) < 4.78 is 46.8. The minimum Gasteiger partial charge on any atom is -0.497 e. The van der Waals surface area contributed by atoms with Crippen LogP contribution in [-0.4, -0.2) is 67.8 Å². The predicted molar refractivity (Wildman–Crippen MR) is 238 cm³/mol. The van der Waals surface area contributed by atoms with Gasteiger partial charge in [-0.1, -0.05) is 82.7 Å². The number of ether oxygens (including phenoxy) is 3. The third-order valence-corrected chi connectivity index (χ3v) is 12.2. The lowest BCUT2D eigenvalue weighted by Crippen LogP contribution is -2.57. The number of sulfonamides is 1. The maximum absolute atomic E-state index is 14.5. The monoisotopic (exact) mass is 867 g/mol. The lowest BCUT2D eigenvalue weighted by molar-refractivity contribution is -0.133. The van der Waals surface area contributed by atoms with Gasteiger partial charge >= 0.3 is 6.09 Å². The Morgan fingerprint density at radius 3 is 2.31 bits per heavy atom. The van der Waals surface area contributed by atoms with Crippen LogP contribution in [0.1, 0.15) is 97.7 Å². The molecule has 0 radical (unpaired) electrons. The van der Waals surface area contributed by atoms with Gasteiger partial charge in [0.05, 0.1) is 24.1 Å². The van der Waals surface area contributed by atoms with Gasteiger partial charge in [-0.3, -0.25) is 19.1 Å². The van der Waals surface area contributed by atoms with Gasteiger partial charge in [0.1, 0.15) is 41.0 Å². The largest absolute Gasteiger partial charge is 0.497 e. The van der Waals surface area contributed by atoms with Crippen LogP contribution in [0.25, 0.3) is 28.2 Å². The molecule has 1 unspecified atom stereocenters. The maximum atomic E-state index is 14.5. The molecule has 4 N–H and O–H groups in total. The molecule has 1 saturated carbocycles. The van der Waals surface area contributed by atoms with Crippen molar-refractivity contribution in [2.75, 3.05) is 12.9 Å². The van der Waals surface area contributed by atoms with Crippen LogP contribution in [0.5, 0.6) is 17.2 Å². The Hall–Kier alpha value is -5.96. The Bertz CT molecular complexity index is 2470. The topological polar surface area (TPSA) is 191 Å². The van der Waals surface area contributed by atoms with E-state index in [2.05, 4.69) is 20.7 Å². The highest BCUT2D eigenvalue weighted by molar-refractivity contribution is 7.90. The van der Waals surface area contributed by atoms with Crippen molar-refractivity contribution >= 4 is 50.8 Å². The summed E-state index contributed by atoms with van der Waals surface area (Å²) in [5.41, 5.74) is 0.757. The van der Waals surface area contributed by atoms with E-state index in [0.29, 0.717) is 70.7 Å². The van der Waals surface area contributed by atoms with E-state index >= 15 is 0 Å². The number of rotatable bonds is 9. The van der Waals surface area contributed by atoms with Crippen LogP contribution in [0.15, 0.2) is 78.9 Å². The summed E-state index contributed by atoms with van der Waals surface area (Å²) in [5.74, 6) is -1.09. The van der Waals surface area contributed by atoms with Gasteiger partial charge in [0.15, 0.2) is 0 Å². The number of nitrogens with one attached hydrogen (secondary N) is 4. The number of carbonyl (C=O) groups is 4. The number of allylic oxidation sites excluding steroid dienone is 1. The highest BCUT2D eigenvalue weighted by Gasteiger charge is 2.46. The number of pyridine rings is 1. The summed E-state index contributed by atoms with van der Waals surface area (Å²) in [7, 11) is -2.51. The van der Waals surface area contributed by atoms with Gasteiger partial charge in [-0.2, -0.15) is 0 Å². The summed E-state index contributed by atoms with van der Waals surface area (Å²) >= 11 is 0. The molecule has 1 aliphatic carbocycles. The first kappa shape index (κ1) is 45.6. The molecule has 4 amide bonds. The van der Waals surface area contributed by atoms with E-state index in [1.165, 1.54) is 0 Å². The molecule has 6 rings (SSSR count). The lowest BCUT2D eigenvalue weighted by atomic mass is 9.86. The van der Waals surface area contributed by atoms with Crippen molar-refractivity contribution in [3.8, 4) is 28.5 Å². The van der Waals surface area contributed by atoms with E-state index in [0.717, 1.165) is 5.56 Å². The van der Waals surface area contributed by atoms with Gasteiger partial charge in [-0.25, -0.2) is 18.2 Å². The maximum Gasteiger partial charge on any atom is 0.408 e. The van der Waals surface area contributed by atoms with Crippen molar-refractivity contribution in [2.24, 2.45) is 10.8 Å². The number of benzene rings is 3. The standard InChI is InChI=1S/C47H57N5O9S/c1-9-14-34-41(53)52-62(57,58)28-47(23-24-47)22-13-17-30-25-31(39(42(54)49-34)50-43(55)40(45(2,3)4)51-44(56)61-46(5,6)7)18-21-37(30)60-38-27-35(29-15-11-10-12-16-29)48-36-26-32(59-8)19-20-33(36)38/h10-13,15-21,25-27,34,39-40H,9,14,22-24,28H2,1-8H3,(H,49,54)(H,50,55)(H,51,56)(H,52,53)/b17-13-/t34-,39?,40+/m0/s1. The Morgan fingerprint density at radius 2 is 1.66 bits per heavy atom. The molecule has 3 aromatic carbocycles. The van der Waals surface area contributed by atoms with Crippen molar-refractivity contribution in [2.45, 2.75) is 104 Å². The molecular formula is C47H57N5O9S. The van der Waals surface area contributed by atoms with Crippen LogP contribution in [0.3, 0.4) is 0 Å². The molecule has 330 valence electrons. The summed E-state index contributed by atoms with van der Waals surface area (Å²) in [5, 5.41) is 8.93. The van der Waals surface area contributed by atoms with Crippen molar-refractivity contribution in [1.82, 2.24) is 25.7 Å². The van der Waals surface area contributed by atoms with Crippen molar-refractivity contribution in [3.63, 3.8) is 0 Å². The Labute approximate surface area is 363 Å². The van der Waals surface area contributed by atoms with Crippen LogP contribution >= 0.6 is 0 Å². The van der Waals surface area contributed by atoms with Crippen LogP contribution in [-0.2, 0) is 29.1 Å². The van der Waals surface area contributed by atoms with E-state index in [1.54, 1.807) is 73.8 Å². The number of aromatic nitrogens is 1. The third kappa shape index (κ3) is 11.5. The number of carbonyl (C=O) groups excluding carboxylic acids is 4. The first-order chi connectivity index (χ1) is 29.2. The number of methoxy groups -OCH3 is 1. The highest BCUT2D eigenvalue weighted by atomic mass is 32.2. The summed E-state index contributed by atoms with van der Waals surface area (Å²) in [6, 6.07) is 18.3. The molecule has 2 heterocycles. The smallest absolute Gasteiger partial charge is 0.408 e. The number of hydrogen-bond acceptors (Lipinski definition) is 10. The van der Waals surface area contributed by atoms with E-state index in [1.807, 2.05) is 66.7 Å². The van der Waals surface area contributed by atoms with E-state index in [4.69, 9.17) is 19.2 Å². The fourth-order valence-electron chi connectivity index (χ4n) is 7.36. The molecule has 1 fully saturated rings. The zero-order valence-electron chi connectivity index (χ0n) is 36.6. The average Bonchev–Trinajstić information content (AvgIpc) is 3.95. The van der Waals surface area contributed by atoms with Crippen molar-refractivity contribution < 1.29 is 41.8 Å². The number of fused-ring (bicyclic) bond motifs is 3. The number of amides is 4. The summed E-state index contributed by atoms with van der Waals surface area (Å²) in [6.07, 6.45) is 5.12. The number of hydrogen-bond donors (Lipinski definition) is 4. The van der Waals surface area contributed by atoms with Gasteiger partial charge in [-0.05, 0) is 87.1 Å². The zero-order chi connectivity index (χ0) is 45.0. The second-order valence-corrected chi connectivity index (χ2v) is 19.9. The molecule has 62 heavy (non-hydrogen) atoms. The van der Waals surface area contributed by atoms with Crippen molar-refractivity contribution in [1.29, 1.82) is 0 Å². The number of alkyl carbamates (subject to hydrolysis) is 1. The average molecular weight is 868 g/mol. The highest BCUT2D eigenvalue weighted by Crippen LogP contribution is 2.50. The Morgan fingerprint density at radius 1 is 0.935 bits per heavy atom. The molecular weight excluding hydrogens is 811 g/mol.